The van der Waals surface area contributed by atoms with Crippen LogP contribution in [0.2, 0.25) is 0 Å². The fraction of sp³-hybridized carbons (Fsp3) is 0.378. The van der Waals surface area contributed by atoms with E-state index in [1.807, 2.05) is 0 Å². The van der Waals surface area contributed by atoms with Crippen molar-refractivity contribution < 1.29 is 9.31 Å². The monoisotopic (exact) mass is 565 g/mol. The third kappa shape index (κ3) is 5.14. The minimum atomic E-state index is -0.0973. The van der Waals surface area contributed by atoms with E-state index in [1.54, 1.807) is 0 Å². The predicted octanol–water partition coefficient (Wildman–Crippen LogP) is 8.57. The number of allylic oxidation sites excluding steroid dienone is 6. The fourth-order valence-electron chi connectivity index (χ4n) is 6.84. The van der Waals surface area contributed by atoms with E-state index < -0.39 is 0 Å². The van der Waals surface area contributed by atoms with Crippen LogP contribution in [0, 0.1) is 12.3 Å². The van der Waals surface area contributed by atoms with Gasteiger partial charge in [-0.1, -0.05) is 79.9 Å². The molecule has 1 atom stereocenters. The van der Waals surface area contributed by atoms with E-state index in [0.717, 1.165) is 42.1 Å². The molecule has 0 amide bonds. The van der Waals surface area contributed by atoms with Gasteiger partial charge in [0.15, 0.2) is 5.71 Å². The molecule has 2 aliphatic heterocycles. The van der Waals surface area contributed by atoms with E-state index in [2.05, 4.69) is 130 Å². The van der Waals surface area contributed by atoms with Crippen molar-refractivity contribution in [2.45, 2.75) is 71.3 Å². The molecule has 0 saturated heterocycles. The maximum Gasteiger partial charge on any atom is 0.209 e. The Morgan fingerprint density at radius 1 is 0.976 bits per heavy atom. The fourth-order valence-corrected chi connectivity index (χ4v) is 7.12. The minimum absolute atomic E-state index is 0.0185. The van der Waals surface area contributed by atoms with Gasteiger partial charge >= 0.3 is 0 Å². The second-order valence-corrected chi connectivity index (χ2v) is 12.5. The Kier molecular flexibility index (Phi) is 8.20. The third-order valence-corrected chi connectivity index (χ3v) is 9.46. The van der Waals surface area contributed by atoms with Crippen molar-refractivity contribution in [2.75, 3.05) is 24.6 Å². The molecule has 0 radical (unpaired) electrons. The summed E-state index contributed by atoms with van der Waals surface area (Å²) < 4.78 is 8.51. The van der Waals surface area contributed by atoms with E-state index >= 15 is 0 Å². The molecule has 3 aliphatic rings. The Morgan fingerprint density at radius 3 is 2.39 bits per heavy atom. The molecular formula is C37H42ClN2O+. The van der Waals surface area contributed by atoms with Crippen molar-refractivity contribution in [2.24, 2.45) is 0 Å². The van der Waals surface area contributed by atoms with Gasteiger partial charge < -0.3 is 9.64 Å². The number of rotatable bonds is 7. The van der Waals surface area contributed by atoms with Crippen molar-refractivity contribution in [3.63, 3.8) is 0 Å². The zero-order chi connectivity index (χ0) is 29.4. The smallest absolute Gasteiger partial charge is 0.209 e. The summed E-state index contributed by atoms with van der Waals surface area (Å²) in [4.78, 5) is 2.41. The molecule has 4 heteroatoms. The number of fused-ring (bicyclic) bond motifs is 2. The van der Waals surface area contributed by atoms with Gasteiger partial charge in [-0.05, 0) is 56.5 Å². The maximum absolute atomic E-state index is 7.18. The highest BCUT2D eigenvalue weighted by Gasteiger charge is 2.43. The van der Waals surface area contributed by atoms with Gasteiger partial charge in [-0.15, -0.1) is 6.42 Å². The summed E-state index contributed by atoms with van der Waals surface area (Å²) in [6.45, 7) is 15.7. The molecule has 3 nitrogen and oxygen atoms in total. The standard InChI is InChI=1S/C37H42ClN2O/c1-8-23-41-28-24-26(19-21-33-36(4,5)29-15-11-13-17-31(29)39(33)9-2)35(38)27(25-28)20-22-34-37(6,7)30-16-12-14-18-32(30)40(34)10-3/h1,11-22,28H,9-10,23-25H2,2-7H3/q+1. The highest BCUT2D eigenvalue weighted by molar-refractivity contribution is 6.32. The second kappa shape index (κ2) is 11.5. The highest BCUT2D eigenvalue weighted by Crippen LogP contribution is 2.48. The molecule has 0 aromatic heterocycles. The van der Waals surface area contributed by atoms with Crippen LogP contribution in [0.3, 0.4) is 0 Å². The van der Waals surface area contributed by atoms with Crippen molar-refractivity contribution in [1.82, 2.24) is 0 Å². The molecule has 0 spiro atoms. The number of hydrogen-bond donors (Lipinski definition) is 0. The molecular weight excluding hydrogens is 524 g/mol. The number of nitrogens with zero attached hydrogens (tertiary/aromatic N) is 2. The third-order valence-electron chi connectivity index (χ3n) is 8.98. The topological polar surface area (TPSA) is 15.5 Å². The van der Waals surface area contributed by atoms with Gasteiger partial charge in [0, 0.05) is 58.9 Å². The molecule has 212 valence electrons. The van der Waals surface area contributed by atoms with E-state index in [9.17, 15) is 0 Å². The maximum atomic E-state index is 7.18. The summed E-state index contributed by atoms with van der Waals surface area (Å²) >= 11 is 7.18. The Hall–Kier alpha value is -3.32. The molecule has 41 heavy (non-hydrogen) atoms. The average molecular weight is 566 g/mol. The van der Waals surface area contributed by atoms with E-state index in [-0.39, 0.29) is 16.9 Å². The Morgan fingerprint density at radius 2 is 1.68 bits per heavy atom. The van der Waals surface area contributed by atoms with Gasteiger partial charge in [-0.25, -0.2) is 0 Å². The van der Waals surface area contributed by atoms with Gasteiger partial charge in [-0.2, -0.15) is 4.58 Å². The predicted molar refractivity (Wildman–Crippen MR) is 173 cm³/mol. The summed E-state index contributed by atoms with van der Waals surface area (Å²) in [6.07, 6.45) is 15.9. The van der Waals surface area contributed by atoms with E-state index in [4.69, 9.17) is 22.8 Å². The molecule has 5 rings (SSSR count). The lowest BCUT2D eigenvalue weighted by molar-refractivity contribution is -0.433. The summed E-state index contributed by atoms with van der Waals surface area (Å²) in [6, 6.07) is 17.4. The summed E-state index contributed by atoms with van der Waals surface area (Å²) in [5.74, 6) is 2.64. The number of likely N-dealkylation sites (N-methyl/N-ethyl adjacent to an activating group) is 1. The minimum Gasteiger partial charge on any atom is -0.365 e. The van der Waals surface area contributed by atoms with Crippen LogP contribution in [0.5, 0.6) is 0 Å². The number of benzene rings is 2. The first kappa shape index (κ1) is 29.2. The van der Waals surface area contributed by atoms with Gasteiger partial charge in [0.05, 0.1) is 11.5 Å². The van der Waals surface area contributed by atoms with Crippen molar-refractivity contribution in [3.05, 3.63) is 106 Å². The normalized spacial score (nSPS) is 23.1. The average Bonchev–Trinajstić information content (AvgIpc) is 3.33. The van der Waals surface area contributed by atoms with Crippen LogP contribution in [0.15, 0.2) is 94.7 Å². The molecule has 2 aromatic carbocycles. The first-order chi connectivity index (χ1) is 19.6. The Balaban J connectivity index is 1.54. The van der Waals surface area contributed by atoms with Crippen molar-refractivity contribution in [1.29, 1.82) is 0 Å². The largest absolute Gasteiger partial charge is 0.365 e. The van der Waals surface area contributed by atoms with Crippen LogP contribution in [-0.2, 0) is 15.6 Å². The lowest BCUT2D eigenvalue weighted by atomic mass is 9.81. The van der Waals surface area contributed by atoms with Crippen LogP contribution < -0.4 is 4.90 Å². The molecule has 2 heterocycles. The van der Waals surface area contributed by atoms with Crippen molar-refractivity contribution >= 4 is 28.7 Å². The molecule has 0 N–H and O–H groups in total. The zero-order valence-corrected chi connectivity index (χ0v) is 26.1. The lowest BCUT2D eigenvalue weighted by Gasteiger charge is -2.27. The summed E-state index contributed by atoms with van der Waals surface area (Å²) in [5, 5.41) is 0.812. The van der Waals surface area contributed by atoms with Crippen LogP contribution in [-0.4, -0.2) is 36.1 Å². The van der Waals surface area contributed by atoms with Crippen LogP contribution in [0.4, 0.5) is 11.4 Å². The Labute approximate surface area is 251 Å². The Bertz CT molecular complexity index is 1540. The second-order valence-electron chi connectivity index (χ2n) is 12.1. The van der Waals surface area contributed by atoms with Crippen molar-refractivity contribution in [3.8, 4) is 12.3 Å². The highest BCUT2D eigenvalue weighted by atomic mass is 35.5. The molecule has 2 aromatic rings. The zero-order valence-electron chi connectivity index (χ0n) is 25.3. The van der Waals surface area contributed by atoms with Gasteiger partial charge in [0.2, 0.25) is 5.69 Å². The van der Waals surface area contributed by atoms with Crippen LogP contribution in [0.1, 0.15) is 65.5 Å². The van der Waals surface area contributed by atoms with Crippen LogP contribution in [0.25, 0.3) is 0 Å². The molecule has 0 saturated carbocycles. The number of ether oxygens (including phenoxy) is 1. The number of halogens is 1. The van der Waals surface area contributed by atoms with Crippen LogP contribution >= 0.6 is 11.6 Å². The van der Waals surface area contributed by atoms with E-state index in [0.29, 0.717) is 6.61 Å². The lowest BCUT2D eigenvalue weighted by Crippen LogP contribution is -2.27. The van der Waals surface area contributed by atoms with Gasteiger partial charge in [0.1, 0.15) is 13.2 Å². The number of hydrogen-bond acceptors (Lipinski definition) is 2. The van der Waals surface area contributed by atoms with Gasteiger partial charge in [0.25, 0.3) is 0 Å². The molecule has 1 aliphatic carbocycles. The molecule has 1 unspecified atom stereocenters. The molecule has 0 bridgehead atoms. The molecule has 0 fully saturated rings. The first-order valence-corrected chi connectivity index (χ1v) is 15.2. The summed E-state index contributed by atoms with van der Waals surface area (Å²) in [7, 11) is 0. The van der Waals surface area contributed by atoms with Gasteiger partial charge in [-0.3, -0.25) is 0 Å². The van der Waals surface area contributed by atoms with E-state index in [1.165, 1.54) is 33.9 Å². The summed E-state index contributed by atoms with van der Waals surface area (Å²) in [5.41, 5.74) is 9.81. The SMILES string of the molecule is C#CCOC1CC(/C=C/C2=[N+](CC)c3ccccc3C2(C)C)=C(Cl)C(=C/C=C2/N(CC)c3ccccc3C2(C)C)/C1. The number of para-hydroxylation sites is 2. The number of anilines is 1. The quantitative estimate of drug-likeness (QED) is 0.247. The number of terminal acetylenes is 1. The first-order valence-electron chi connectivity index (χ1n) is 14.8.